The molecule has 0 spiro atoms. The topological polar surface area (TPSA) is 37.3 Å². The number of hydrogen-bond acceptors (Lipinski definition) is 2. The fourth-order valence-corrected chi connectivity index (χ4v) is 4.93. The van der Waals surface area contributed by atoms with E-state index in [9.17, 15) is 4.79 Å². The molecule has 4 nitrogen and oxygen atoms in total. The highest BCUT2D eigenvalue weighted by molar-refractivity contribution is 5.97. The van der Waals surface area contributed by atoms with Crippen molar-refractivity contribution < 1.29 is 4.79 Å². The Kier molecular flexibility index (Phi) is 8.06. The van der Waals surface area contributed by atoms with E-state index in [-0.39, 0.29) is 24.4 Å². The van der Waals surface area contributed by atoms with Crippen LogP contribution >= 0.6 is 12.4 Å². The molecule has 1 aromatic heterocycles. The van der Waals surface area contributed by atoms with E-state index in [0.29, 0.717) is 0 Å². The van der Waals surface area contributed by atoms with Gasteiger partial charge in [0, 0.05) is 43.6 Å². The second kappa shape index (κ2) is 11.4. The van der Waals surface area contributed by atoms with Crippen molar-refractivity contribution >= 4 is 18.3 Å². The number of nitrogens with zero attached hydrogens (tertiary/aromatic N) is 2. The van der Waals surface area contributed by atoms with Gasteiger partial charge in [-0.25, -0.2) is 0 Å². The second-order valence-electron chi connectivity index (χ2n) is 9.01. The van der Waals surface area contributed by atoms with Gasteiger partial charge in [-0.3, -0.25) is 4.79 Å². The summed E-state index contributed by atoms with van der Waals surface area (Å²) < 4.78 is 2.28. The summed E-state index contributed by atoms with van der Waals surface area (Å²) in [7, 11) is 0. The minimum atomic E-state index is 0. The molecule has 1 amide bonds. The second-order valence-corrected chi connectivity index (χ2v) is 9.01. The first kappa shape index (κ1) is 24.8. The standard InChI is InChI=1S/C30H31N3O.ClH/c1-23-28(30(34)32-18-17-31-21-27(32)19-24-11-5-2-6-12-24)20-29(26-15-9-4-10-16-26)33(23)22-25-13-7-3-8-14-25;/h2-16,20,27,31H,17-19,21-22H2,1H3;1H. The van der Waals surface area contributed by atoms with Gasteiger partial charge in [-0.15, -0.1) is 12.4 Å². The molecule has 35 heavy (non-hydrogen) atoms. The van der Waals surface area contributed by atoms with Gasteiger partial charge in [0.25, 0.3) is 5.91 Å². The summed E-state index contributed by atoms with van der Waals surface area (Å²) in [6.07, 6.45) is 0.856. The summed E-state index contributed by atoms with van der Waals surface area (Å²) in [6.45, 7) is 5.18. The van der Waals surface area contributed by atoms with E-state index in [4.69, 9.17) is 0 Å². The van der Waals surface area contributed by atoms with Crippen molar-refractivity contribution in [1.29, 1.82) is 0 Å². The summed E-state index contributed by atoms with van der Waals surface area (Å²) in [5.41, 5.74) is 6.51. The number of rotatable bonds is 6. The van der Waals surface area contributed by atoms with E-state index in [2.05, 4.69) is 101 Å². The van der Waals surface area contributed by atoms with E-state index in [0.717, 1.165) is 55.1 Å². The van der Waals surface area contributed by atoms with Crippen LogP contribution in [0.1, 0.15) is 27.2 Å². The molecule has 180 valence electrons. The van der Waals surface area contributed by atoms with Crippen molar-refractivity contribution in [2.45, 2.75) is 25.9 Å². The number of amides is 1. The van der Waals surface area contributed by atoms with Crippen LogP contribution in [0.5, 0.6) is 0 Å². The maximum Gasteiger partial charge on any atom is 0.256 e. The van der Waals surface area contributed by atoms with Crippen LogP contribution in [0.15, 0.2) is 97.1 Å². The average molecular weight is 486 g/mol. The molecular formula is C30H32ClN3O. The Morgan fingerprint density at radius 1 is 0.886 bits per heavy atom. The van der Waals surface area contributed by atoms with Crippen LogP contribution in [0.4, 0.5) is 0 Å². The van der Waals surface area contributed by atoms with Gasteiger partial charge in [-0.1, -0.05) is 91.0 Å². The normalized spacial score (nSPS) is 15.5. The SMILES string of the molecule is Cc1c(C(=O)N2CCNCC2Cc2ccccc2)cc(-c2ccccc2)n1Cc1ccccc1.Cl. The summed E-state index contributed by atoms with van der Waals surface area (Å²) in [5, 5.41) is 3.48. The largest absolute Gasteiger partial charge is 0.340 e. The van der Waals surface area contributed by atoms with E-state index < -0.39 is 0 Å². The van der Waals surface area contributed by atoms with Crippen molar-refractivity contribution in [1.82, 2.24) is 14.8 Å². The van der Waals surface area contributed by atoms with Crippen LogP contribution in [0.3, 0.4) is 0 Å². The molecule has 3 aromatic carbocycles. The van der Waals surface area contributed by atoms with E-state index in [1.807, 2.05) is 18.2 Å². The number of halogens is 1. The Bertz CT molecular complexity index is 1240. The monoisotopic (exact) mass is 485 g/mol. The van der Waals surface area contributed by atoms with Crippen LogP contribution < -0.4 is 5.32 Å². The van der Waals surface area contributed by atoms with E-state index >= 15 is 0 Å². The summed E-state index contributed by atoms with van der Waals surface area (Å²) in [4.78, 5) is 16.0. The highest BCUT2D eigenvalue weighted by atomic mass is 35.5. The first-order valence-electron chi connectivity index (χ1n) is 12.1. The Morgan fingerprint density at radius 3 is 2.14 bits per heavy atom. The first-order valence-corrected chi connectivity index (χ1v) is 12.1. The highest BCUT2D eigenvalue weighted by Crippen LogP contribution is 2.29. The smallest absolute Gasteiger partial charge is 0.256 e. The number of aromatic nitrogens is 1. The van der Waals surface area contributed by atoms with Crippen LogP contribution in [-0.2, 0) is 13.0 Å². The predicted octanol–water partition coefficient (Wildman–Crippen LogP) is 5.59. The van der Waals surface area contributed by atoms with E-state index in [1.165, 1.54) is 11.1 Å². The number of carbonyl (C=O) groups excluding carboxylic acids is 1. The van der Waals surface area contributed by atoms with Crippen molar-refractivity contribution in [3.8, 4) is 11.3 Å². The van der Waals surface area contributed by atoms with Gasteiger partial charge in [0.1, 0.15) is 0 Å². The summed E-state index contributed by atoms with van der Waals surface area (Å²) >= 11 is 0. The van der Waals surface area contributed by atoms with Crippen LogP contribution in [-0.4, -0.2) is 41.1 Å². The molecule has 0 radical (unpaired) electrons. The highest BCUT2D eigenvalue weighted by Gasteiger charge is 2.30. The number of carbonyl (C=O) groups is 1. The number of benzene rings is 3. The van der Waals surface area contributed by atoms with Gasteiger partial charge >= 0.3 is 0 Å². The minimum absolute atomic E-state index is 0. The van der Waals surface area contributed by atoms with E-state index in [1.54, 1.807) is 0 Å². The number of nitrogens with one attached hydrogen (secondary N) is 1. The molecule has 4 aromatic rings. The van der Waals surface area contributed by atoms with Crippen molar-refractivity contribution in [2.24, 2.45) is 0 Å². The molecule has 0 saturated carbocycles. The lowest BCUT2D eigenvalue weighted by atomic mass is 10.0. The lowest BCUT2D eigenvalue weighted by Crippen LogP contribution is -2.54. The lowest BCUT2D eigenvalue weighted by molar-refractivity contribution is 0.0635. The average Bonchev–Trinajstić information content (AvgIpc) is 3.21. The fourth-order valence-electron chi connectivity index (χ4n) is 4.93. The molecule has 1 N–H and O–H groups in total. The zero-order valence-electron chi connectivity index (χ0n) is 20.1. The zero-order valence-corrected chi connectivity index (χ0v) is 20.9. The Labute approximate surface area is 214 Å². The van der Waals surface area contributed by atoms with Crippen molar-refractivity contribution in [3.63, 3.8) is 0 Å². The number of piperazine rings is 1. The first-order chi connectivity index (χ1) is 16.7. The molecular weight excluding hydrogens is 454 g/mol. The molecule has 2 heterocycles. The van der Waals surface area contributed by atoms with Crippen LogP contribution in [0.2, 0.25) is 0 Å². The predicted molar refractivity (Wildman–Crippen MR) is 145 cm³/mol. The molecule has 1 unspecified atom stereocenters. The van der Waals surface area contributed by atoms with Gasteiger partial charge in [0.15, 0.2) is 0 Å². The van der Waals surface area contributed by atoms with Crippen LogP contribution in [0.25, 0.3) is 11.3 Å². The third-order valence-electron chi connectivity index (χ3n) is 6.78. The minimum Gasteiger partial charge on any atom is -0.340 e. The van der Waals surface area contributed by atoms with Crippen molar-refractivity contribution in [2.75, 3.05) is 19.6 Å². The van der Waals surface area contributed by atoms with Crippen LogP contribution in [0, 0.1) is 6.92 Å². The maximum atomic E-state index is 14.0. The molecule has 1 aliphatic heterocycles. The molecule has 5 rings (SSSR count). The van der Waals surface area contributed by atoms with Gasteiger partial charge in [0.05, 0.1) is 5.56 Å². The molecule has 0 aliphatic carbocycles. The van der Waals surface area contributed by atoms with Gasteiger partial charge in [-0.2, -0.15) is 0 Å². The molecule has 1 saturated heterocycles. The van der Waals surface area contributed by atoms with Gasteiger partial charge < -0.3 is 14.8 Å². The summed E-state index contributed by atoms with van der Waals surface area (Å²) in [6, 6.07) is 33.5. The van der Waals surface area contributed by atoms with Crippen molar-refractivity contribution in [3.05, 3.63) is 119 Å². The maximum absolute atomic E-state index is 14.0. The third-order valence-corrected chi connectivity index (χ3v) is 6.78. The third kappa shape index (κ3) is 5.50. The molecule has 1 aliphatic rings. The van der Waals surface area contributed by atoms with Gasteiger partial charge in [-0.05, 0) is 36.1 Å². The fraction of sp³-hybridized carbons (Fsp3) is 0.233. The summed E-state index contributed by atoms with van der Waals surface area (Å²) in [5.74, 6) is 0.129. The molecule has 1 fully saturated rings. The molecule has 0 bridgehead atoms. The Balaban J connectivity index is 0.00000289. The van der Waals surface area contributed by atoms with Gasteiger partial charge in [0.2, 0.25) is 0 Å². The quantitative estimate of drug-likeness (QED) is 0.386. The number of hydrogen-bond donors (Lipinski definition) is 1. The lowest BCUT2D eigenvalue weighted by Gasteiger charge is -2.36. The molecule has 5 heteroatoms. The Hall–Kier alpha value is -3.34. The molecule has 1 atom stereocenters. The Morgan fingerprint density at radius 2 is 1.49 bits per heavy atom. The zero-order chi connectivity index (χ0) is 23.3.